The van der Waals surface area contributed by atoms with Gasteiger partial charge in [0.2, 0.25) is 5.91 Å². The van der Waals surface area contributed by atoms with Gasteiger partial charge >= 0.3 is 18.5 Å². The van der Waals surface area contributed by atoms with Crippen LogP contribution >= 0.6 is 23.2 Å². The summed E-state index contributed by atoms with van der Waals surface area (Å²) in [5.41, 5.74) is -4.24. The van der Waals surface area contributed by atoms with Crippen molar-refractivity contribution in [2.45, 2.75) is 37.8 Å². The molecule has 0 fully saturated rings. The van der Waals surface area contributed by atoms with Crippen LogP contribution in [0.2, 0.25) is 10.0 Å². The molecule has 0 aliphatic carbocycles. The lowest BCUT2D eigenvalue weighted by Gasteiger charge is -2.22. The molecule has 0 aliphatic heterocycles. The first-order chi connectivity index (χ1) is 18.1. The van der Waals surface area contributed by atoms with Crippen molar-refractivity contribution in [3.8, 4) is 0 Å². The van der Waals surface area contributed by atoms with Crippen molar-refractivity contribution < 1.29 is 53.5 Å². The predicted octanol–water partition coefficient (Wildman–Crippen LogP) is 8.90. The fraction of sp³-hybridized carbons (Fsp3) is 0.360. The molecule has 220 valence electrons. The van der Waals surface area contributed by atoms with Crippen LogP contribution < -0.4 is 0 Å². The summed E-state index contributed by atoms with van der Waals surface area (Å²) in [4.78, 5) is 25.0. The van der Waals surface area contributed by atoms with Gasteiger partial charge in [0.1, 0.15) is 18.3 Å². The van der Waals surface area contributed by atoms with Crippen molar-refractivity contribution in [1.29, 1.82) is 0 Å². The maximum Gasteiger partial charge on any atom is 0.417 e. The molecule has 0 aromatic heterocycles. The second-order valence-corrected chi connectivity index (χ2v) is 9.62. The number of carbonyl (C=O) groups excluding carboxylic acids is 2. The van der Waals surface area contributed by atoms with Gasteiger partial charge in [0.15, 0.2) is 5.78 Å². The van der Waals surface area contributed by atoms with Crippen molar-refractivity contribution in [3.63, 3.8) is 0 Å². The first kappa shape index (κ1) is 33.4. The molecule has 2 aromatic carbocycles. The Morgan fingerprint density at radius 1 is 0.925 bits per heavy atom. The molecule has 15 heteroatoms. The lowest BCUT2D eigenvalue weighted by molar-refractivity contribution is -0.160. The van der Waals surface area contributed by atoms with Gasteiger partial charge in [-0.3, -0.25) is 9.59 Å². The van der Waals surface area contributed by atoms with Gasteiger partial charge in [-0.1, -0.05) is 48.3 Å². The van der Waals surface area contributed by atoms with Gasteiger partial charge in [-0.25, -0.2) is 4.39 Å². The fourth-order valence-corrected chi connectivity index (χ4v) is 4.00. The minimum absolute atomic E-state index is 0.0355. The quantitative estimate of drug-likeness (QED) is 0.217. The zero-order chi connectivity index (χ0) is 30.8. The molecule has 3 nitrogen and oxygen atoms in total. The van der Waals surface area contributed by atoms with Crippen LogP contribution in [0.5, 0.6) is 0 Å². The van der Waals surface area contributed by atoms with Crippen molar-refractivity contribution >= 4 is 40.7 Å². The number of halogens is 12. The number of hydrogen-bond acceptors (Lipinski definition) is 2. The SMILES string of the molecule is C[C@@H](CC(=O)c1ccc(/C(F)=C/C(c2ccc(Cl)c(Cl)c2)C(F)(F)F)cc1C(F)(F)F)C(=O)N(C)CC(F)(F)F. The molecule has 0 bridgehead atoms. The Hall–Kier alpha value is -2.80. The molecule has 1 unspecified atom stereocenters. The molecule has 0 radical (unpaired) electrons. The summed E-state index contributed by atoms with van der Waals surface area (Å²) in [6.07, 6.45) is -16.0. The summed E-state index contributed by atoms with van der Waals surface area (Å²) in [6.45, 7) is -0.614. The van der Waals surface area contributed by atoms with E-state index in [9.17, 15) is 53.5 Å². The highest BCUT2D eigenvalue weighted by Gasteiger charge is 2.41. The Kier molecular flexibility index (Phi) is 10.3. The third-order valence-corrected chi connectivity index (χ3v) is 6.31. The van der Waals surface area contributed by atoms with Crippen LogP contribution in [-0.2, 0) is 11.0 Å². The number of benzene rings is 2. The molecule has 0 heterocycles. The Bertz CT molecular complexity index is 1290. The number of ketones is 1. The lowest BCUT2D eigenvalue weighted by Crippen LogP contribution is -2.39. The number of rotatable bonds is 8. The average molecular weight is 626 g/mol. The highest BCUT2D eigenvalue weighted by molar-refractivity contribution is 6.42. The van der Waals surface area contributed by atoms with Crippen LogP contribution in [0.1, 0.15) is 46.3 Å². The second kappa shape index (κ2) is 12.4. The van der Waals surface area contributed by atoms with Crippen molar-refractivity contribution in [3.05, 3.63) is 74.8 Å². The van der Waals surface area contributed by atoms with Crippen LogP contribution in [0.25, 0.3) is 5.83 Å². The first-order valence-electron chi connectivity index (χ1n) is 11.1. The maximum absolute atomic E-state index is 14.9. The van der Waals surface area contributed by atoms with E-state index in [1.165, 1.54) is 0 Å². The molecule has 2 rings (SSSR count). The summed E-state index contributed by atoms with van der Waals surface area (Å²) in [5, 5.41) is -0.365. The van der Waals surface area contributed by atoms with Crippen molar-refractivity contribution in [1.82, 2.24) is 4.90 Å². The van der Waals surface area contributed by atoms with Gasteiger partial charge in [-0.05, 0) is 29.8 Å². The molecule has 2 atom stereocenters. The summed E-state index contributed by atoms with van der Waals surface area (Å²) in [7, 11) is 0.800. The highest BCUT2D eigenvalue weighted by Crippen LogP contribution is 2.41. The highest BCUT2D eigenvalue weighted by atomic mass is 35.5. The second-order valence-electron chi connectivity index (χ2n) is 8.80. The summed E-state index contributed by atoms with van der Waals surface area (Å²) in [5.74, 6) is -8.23. The standard InChI is InChI=1S/C25H19Cl2F10NO2/c1-12(22(40)38(2)11-23(29,30)31)7-21(39)15-5-3-14(8-17(15)25(35,36)37)20(28)10-16(24(32,33)34)13-4-6-18(26)19(27)9-13/h3-6,8-10,12,16H,7,11H2,1-2H3/b20-10-/t12-,16?/m0/s1. The molecule has 2 aromatic rings. The summed E-state index contributed by atoms with van der Waals surface area (Å²) in [6, 6.07) is 4.05. The van der Waals surface area contributed by atoms with Gasteiger partial charge in [-0.2, -0.15) is 39.5 Å². The topological polar surface area (TPSA) is 37.4 Å². The molecular weight excluding hydrogens is 607 g/mol. The predicted molar refractivity (Wildman–Crippen MR) is 128 cm³/mol. The number of nitrogens with zero attached hydrogens (tertiary/aromatic N) is 1. The van der Waals surface area contributed by atoms with E-state index in [2.05, 4.69) is 0 Å². The van der Waals surface area contributed by atoms with E-state index in [1.54, 1.807) is 0 Å². The number of allylic oxidation sites excluding steroid dienone is 1. The van der Waals surface area contributed by atoms with E-state index in [4.69, 9.17) is 23.2 Å². The van der Waals surface area contributed by atoms with Crippen molar-refractivity contribution in [2.24, 2.45) is 5.92 Å². The van der Waals surface area contributed by atoms with Crippen LogP contribution in [-0.4, -0.2) is 42.5 Å². The lowest BCUT2D eigenvalue weighted by atomic mass is 9.92. The largest absolute Gasteiger partial charge is 0.417 e. The molecule has 0 N–H and O–H groups in total. The summed E-state index contributed by atoms with van der Waals surface area (Å²) >= 11 is 11.4. The summed E-state index contributed by atoms with van der Waals surface area (Å²) < 4.78 is 135. The van der Waals surface area contributed by atoms with Gasteiger partial charge in [0, 0.05) is 30.5 Å². The molecular formula is C25H19Cl2F10NO2. The van der Waals surface area contributed by atoms with E-state index in [-0.39, 0.29) is 27.1 Å². The molecule has 1 amide bonds. The van der Waals surface area contributed by atoms with E-state index in [0.717, 1.165) is 32.2 Å². The maximum atomic E-state index is 14.9. The zero-order valence-electron chi connectivity index (χ0n) is 20.4. The zero-order valence-corrected chi connectivity index (χ0v) is 21.9. The Morgan fingerprint density at radius 2 is 1.52 bits per heavy atom. The minimum atomic E-state index is -5.28. The number of alkyl halides is 9. The third-order valence-electron chi connectivity index (χ3n) is 5.58. The Morgan fingerprint density at radius 3 is 2.02 bits per heavy atom. The fourth-order valence-electron chi connectivity index (χ4n) is 3.70. The number of carbonyl (C=O) groups is 2. The monoisotopic (exact) mass is 625 g/mol. The van der Waals surface area contributed by atoms with Crippen LogP contribution in [0.15, 0.2) is 42.5 Å². The molecule has 0 aliphatic rings. The smallest absolute Gasteiger partial charge is 0.336 e. The van der Waals surface area contributed by atoms with Gasteiger partial charge in [0.05, 0.1) is 15.6 Å². The molecule has 0 spiro atoms. The van der Waals surface area contributed by atoms with E-state index in [1.807, 2.05) is 0 Å². The van der Waals surface area contributed by atoms with Crippen LogP contribution in [0, 0.1) is 5.92 Å². The van der Waals surface area contributed by atoms with Crippen LogP contribution in [0.4, 0.5) is 43.9 Å². The van der Waals surface area contributed by atoms with Crippen LogP contribution in [0.3, 0.4) is 0 Å². The van der Waals surface area contributed by atoms with Crippen molar-refractivity contribution in [2.75, 3.05) is 13.6 Å². The number of amides is 1. The van der Waals surface area contributed by atoms with E-state index >= 15 is 0 Å². The Balaban J connectivity index is 2.44. The number of Topliss-reactive ketones (excluding diaryl/α,β-unsaturated/α-hetero) is 1. The average Bonchev–Trinajstić information content (AvgIpc) is 2.80. The third kappa shape index (κ3) is 8.85. The molecule has 0 saturated heterocycles. The normalized spacial score (nSPS) is 14.6. The van der Waals surface area contributed by atoms with Gasteiger partial charge in [0.25, 0.3) is 0 Å². The number of hydrogen-bond donors (Lipinski definition) is 0. The molecule has 0 saturated carbocycles. The molecule has 40 heavy (non-hydrogen) atoms. The minimum Gasteiger partial charge on any atom is -0.336 e. The van der Waals surface area contributed by atoms with E-state index in [0.29, 0.717) is 12.1 Å². The Labute approximate surface area is 231 Å². The van der Waals surface area contributed by atoms with Gasteiger partial charge < -0.3 is 4.90 Å². The van der Waals surface area contributed by atoms with Gasteiger partial charge in [-0.15, -0.1) is 0 Å². The van der Waals surface area contributed by atoms with E-state index < -0.39 is 83.1 Å². The first-order valence-corrected chi connectivity index (χ1v) is 11.8.